The Kier molecular flexibility index (Phi) is 8.67. The quantitative estimate of drug-likeness (QED) is 0.499. The molecule has 184 valence electrons. The van der Waals surface area contributed by atoms with Gasteiger partial charge in [-0.2, -0.15) is 0 Å². The smallest absolute Gasteiger partial charge is 0.252 e. The zero-order valence-electron chi connectivity index (χ0n) is 21.3. The van der Waals surface area contributed by atoms with Gasteiger partial charge in [0.15, 0.2) is 0 Å². The molecule has 0 aromatic heterocycles. The molecule has 0 N–H and O–H groups in total. The van der Waals surface area contributed by atoms with Gasteiger partial charge in [-0.25, -0.2) is 8.78 Å². The third kappa shape index (κ3) is 7.40. The molecule has 1 unspecified atom stereocenters. The molecule has 32 heavy (non-hydrogen) atoms. The molecule has 0 amide bonds. The average Bonchev–Trinajstić information content (AvgIpc) is 2.65. The van der Waals surface area contributed by atoms with Crippen LogP contribution in [0.4, 0.5) is 8.78 Å². The summed E-state index contributed by atoms with van der Waals surface area (Å²) in [4.78, 5) is 5.26. The zero-order chi connectivity index (χ0) is 23.5. The lowest BCUT2D eigenvalue weighted by molar-refractivity contribution is -0.0860. The van der Waals surface area contributed by atoms with Crippen LogP contribution in [0.25, 0.3) is 0 Å². The third-order valence-electron chi connectivity index (χ3n) is 7.72. The highest BCUT2D eigenvalue weighted by molar-refractivity contribution is 5.14. The largest absolute Gasteiger partial charge is 0.375 e. The number of rotatable bonds is 5. The highest BCUT2D eigenvalue weighted by Gasteiger charge is 2.35. The minimum atomic E-state index is -2.38. The summed E-state index contributed by atoms with van der Waals surface area (Å²) in [5, 5.41) is 0. The van der Waals surface area contributed by atoms with Gasteiger partial charge in [-0.15, -0.1) is 0 Å². The van der Waals surface area contributed by atoms with E-state index in [2.05, 4.69) is 42.4 Å². The second-order valence-corrected chi connectivity index (χ2v) is 12.5. The fraction of sp³-hybridized carbons (Fsp3) is 0.926. The van der Waals surface area contributed by atoms with E-state index >= 15 is 0 Å². The minimum Gasteiger partial charge on any atom is -0.375 e. The summed E-state index contributed by atoms with van der Waals surface area (Å²) in [6.07, 6.45) is 4.92. The highest BCUT2D eigenvalue weighted by atomic mass is 19.3. The van der Waals surface area contributed by atoms with E-state index in [1.165, 1.54) is 32.5 Å². The normalized spacial score (nSPS) is 28.3. The van der Waals surface area contributed by atoms with Crippen molar-refractivity contribution in [3.8, 4) is 11.8 Å². The Hall–Kier alpha value is -0.700. The number of halogens is 2. The molecule has 5 heteroatoms. The van der Waals surface area contributed by atoms with Crippen LogP contribution in [0.1, 0.15) is 80.1 Å². The topological polar surface area (TPSA) is 15.7 Å². The molecule has 1 saturated carbocycles. The Morgan fingerprint density at radius 3 is 1.97 bits per heavy atom. The maximum atomic E-state index is 13.3. The van der Waals surface area contributed by atoms with Crippen LogP contribution in [-0.4, -0.2) is 66.7 Å². The maximum absolute atomic E-state index is 13.3. The van der Waals surface area contributed by atoms with Crippen molar-refractivity contribution in [1.82, 2.24) is 9.80 Å². The van der Waals surface area contributed by atoms with Gasteiger partial charge in [-0.05, 0) is 83.7 Å². The Bertz CT molecular complexity index is 635. The van der Waals surface area contributed by atoms with Crippen molar-refractivity contribution < 1.29 is 13.5 Å². The number of hydrogen-bond donors (Lipinski definition) is 0. The van der Waals surface area contributed by atoms with E-state index < -0.39 is 17.8 Å². The third-order valence-corrected chi connectivity index (χ3v) is 7.72. The first-order valence-corrected chi connectivity index (χ1v) is 12.8. The summed E-state index contributed by atoms with van der Waals surface area (Å²) in [7, 11) is 0. The Balaban J connectivity index is 1.31. The molecular weight excluding hydrogens is 406 g/mol. The fourth-order valence-electron chi connectivity index (χ4n) is 5.31. The molecule has 3 aliphatic rings. The van der Waals surface area contributed by atoms with Gasteiger partial charge in [0.1, 0.15) is 0 Å². The SMILES string of the molecule is CC(C)(C)C(C#CC1CC(OC2CCN(CC3CCN(C(C)(C)C)CC3)CC2)C1)C(F)F. The van der Waals surface area contributed by atoms with Crippen LogP contribution in [-0.2, 0) is 4.74 Å². The van der Waals surface area contributed by atoms with Gasteiger partial charge in [0.25, 0.3) is 6.43 Å². The van der Waals surface area contributed by atoms with Crippen molar-refractivity contribution in [2.75, 3.05) is 32.7 Å². The molecule has 3 fully saturated rings. The van der Waals surface area contributed by atoms with Crippen molar-refractivity contribution in [2.24, 2.45) is 23.2 Å². The fourth-order valence-corrected chi connectivity index (χ4v) is 5.31. The standard InChI is InChI=1S/C27H46F2N2O/c1-26(2,3)24(25(28)29)8-7-21-17-23(18-21)32-22-11-13-30(14-12-22)19-20-9-15-31(16-10-20)27(4,5)6/h20-25H,9-19H2,1-6H3. The van der Waals surface area contributed by atoms with Crippen molar-refractivity contribution >= 4 is 0 Å². The number of nitrogens with zero attached hydrogens (tertiary/aromatic N) is 2. The summed E-state index contributed by atoms with van der Waals surface area (Å²) >= 11 is 0. The molecule has 1 atom stereocenters. The maximum Gasteiger partial charge on any atom is 0.252 e. The van der Waals surface area contributed by atoms with E-state index in [0.717, 1.165) is 44.7 Å². The number of piperidine rings is 2. The molecule has 2 heterocycles. The summed E-state index contributed by atoms with van der Waals surface area (Å²) < 4.78 is 32.8. The van der Waals surface area contributed by atoms with Crippen LogP contribution in [0.2, 0.25) is 0 Å². The van der Waals surface area contributed by atoms with Crippen LogP contribution < -0.4 is 0 Å². The highest BCUT2D eigenvalue weighted by Crippen LogP contribution is 2.34. The van der Waals surface area contributed by atoms with E-state index in [4.69, 9.17) is 4.74 Å². The molecule has 0 radical (unpaired) electrons. The van der Waals surface area contributed by atoms with E-state index in [-0.39, 0.29) is 12.0 Å². The van der Waals surface area contributed by atoms with Gasteiger partial charge >= 0.3 is 0 Å². The Morgan fingerprint density at radius 2 is 1.47 bits per heavy atom. The van der Waals surface area contributed by atoms with Gasteiger partial charge in [0.2, 0.25) is 0 Å². The van der Waals surface area contributed by atoms with Crippen molar-refractivity contribution in [3.63, 3.8) is 0 Å². The summed E-state index contributed by atoms with van der Waals surface area (Å²) in [6.45, 7) is 18.5. The van der Waals surface area contributed by atoms with Crippen LogP contribution in [0.15, 0.2) is 0 Å². The lowest BCUT2D eigenvalue weighted by Crippen LogP contribution is -2.48. The van der Waals surface area contributed by atoms with Gasteiger partial charge in [0.05, 0.1) is 18.1 Å². The van der Waals surface area contributed by atoms with Crippen molar-refractivity contribution in [3.05, 3.63) is 0 Å². The molecule has 0 aromatic rings. The summed E-state index contributed by atoms with van der Waals surface area (Å²) in [5.74, 6) is 6.20. The van der Waals surface area contributed by atoms with Crippen LogP contribution in [0.5, 0.6) is 0 Å². The summed E-state index contributed by atoms with van der Waals surface area (Å²) in [6, 6.07) is 0. The lowest BCUT2D eigenvalue weighted by Gasteiger charge is -2.43. The number of ether oxygens (including phenoxy) is 1. The molecule has 3 nitrogen and oxygen atoms in total. The van der Waals surface area contributed by atoms with Crippen LogP contribution in [0, 0.1) is 35.0 Å². The molecule has 0 bridgehead atoms. The second-order valence-electron chi connectivity index (χ2n) is 12.5. The number of hydrogen-bond acceptors (Lipinski definition) is 3. The van der Waals surface area contributed by atoms with E-state index in [1.54, 1.807) is 0 Å². The predicted octanol–water partition coefficient (Wildman–Crippen LogP) is 5.69. The number of likely N-dealkylation sites (tertiary alicyclic amines) is 2. The molecule has 0 aromatic carbocycles. The van der Waals surface area contributed by atoms with Crippen LogP contribution in [0.3, 0.4) is 0 Å². The Morgan fingerprint density at radius 1 is 0.875 bits per heavy atom. The lowest BCUT2D eigenvalue weighted by atomic mass is 9.79. The molecule has 2 saturated heterocycles. The minimum absolute atomic E-state index is 0.225. The molecular formula is C27H46F2N2O. The van der Waals surface area contributed by atoms with E-state index in [9.17, 15) is 8.78 Å². The summed E-state index contributed by atoms with van der Waals surface area (Å²) in [5.41, 5.74) is -0.192. The Labute approximate surface area is 195 Å². The van der Waals surface area contributed by atoms with E-state index in [0.29, 0.717) is 11.6 Å². The monoisotopic (exact) mass is 452 g/mol. The average molecular weight is 453 g/mol. The van der Waals surface area contributed by atoms with Gasteiger partial charge in [0, 0.05) is 31.1 Å². The van der Waals surface area contributed by atoms with Gasteiger partial charge < -0.3 is 9.64 Å². The molecule has 1 aliphatic carbocycles. The first-order chi connectivity index (χ1) is 14.9. The van der Waals surface area contributed by atoms with Crippen LogP contribution >= 0.6 is 0 Å². The van der Waals surface area contributed by atoms with Gasteiger partial charge in [-0.3, -0.25) is 4.90 Å². The first-order valence-electron chi connectivity index (χ1n) is 12.8. The van der Waals surface area contributed by atoms with Crippen molar-refractivity contribution in [1.29, 1.82) is 0 Å². The number of alkyl halides is 2. The van der Waals surface area contributed by atoms with Gasteiger partial charge in [-0.1, -0.05) is 32.6 Å². The molecule has 3 rings (SSSR count). The first kappa shape index (κ1) is 25.9. The van der Waals surface area contributed by atoms with E-state index in [1.807, 2.05) is 20.8 Å². The predicted molar refractivity (Wildman–Crippen MR) is 128 cm³/mol. The molecule has 0 spiro atoms. The van der Waals surface area contributed by atoms with Crippen molar-refractivity contribution in [2.45, 2.75) is 104 Å². The second kappa shape index (κ2) is 10.7. The molecule has 2 aliphatic heterocycles. The zero-order valence-corrected chi connectivity index (χ0v) is 21.3.